The Hall–Kier alpha value is -0.650. The van der Waals surface area contributed by atoms with Gasteiger partial charge in [0.15, 0.2) is 0 Å². The van der Waals surface area contributed by atoms with E-state index in [0.29, 0.717) is 5.56 Å². The molecule has 0 saturated carbocycles. The van der Waals surface area contributed by atoms with Crippen molar-refractivity contribution < 1.29 is 13.3 Å². The van der Waals surface area contributed by atoms with E-state index in [1.165, 1.54) is 12.1 Å². The second kappa shape index (κ2) is 5.33. The molecule has 0 aliphatic carbocycles. The van der Waals surface area contributed by atoms with E-state index >= 15 is 0 Å². The van der Waals surface area contributed by atoms with Gasteiger partial charge in [0.25, 0.3) is 0 Å². The van der Waals surface area contributed by atoms with Crippen LogP contribution in [0.4, 0.5) is 8.78 Å². The van der Waals surface area contributed by atoms with E-state index in [2.05, 4.69) is 4.72 Å². The molecule has 0 amide bonds. The molecule has 0 radical (unpaired) electrons. The van der Waals surface area contributed by atoms with Crippen LogP contribution in [0.2, 0.25) is 0 Å². The third-order valence-electron chi connectivity index (χ3n) is 2.22. The summed E-state index contributed by atoms with van der Waals surface area (Å²) >= 11 is -1.28. The molecule has 17 heavy (non-hydrogen) atoms. The zero-order valence-electron chi connectivity index (χ0n) is 10.4. The van der Waals surface area contributed by atoms with Crippen LogP contribution in [0.25, 0.3) is 0 Å². The van der Waals surface area contributed by atoms with Gasteiger partial charge in [0, 0.05) is 17.4 Å². The fraction of sp³-hybridized carbons (Fsp3) is 0.500. The Morgan fingerprint density at radius 2 is 1.65 bits per heavy atom. The number of halogens is 2. The SMILES string of the molecule is C[C@H](N[S+]([O-])C(C)(C)C)c1cc(F)cc(F)c1. The summed E-state index contributed by atoms with van der Waals surface area (Å²) in [6, 6.07) is 2.92. The fourth-order valence-electron chi connectivity index (χ4n) is 1.23. The zero-order valence-corrected chi connectivity index (χ0v) is 11.2. The molecule has 0 spiro atoms. The van der Waals surface area contributed by atoms with Crippen molar-refractivity contribution in [2.75, 3.05) is 0 Å². The minimum Gasteiger partial charge on any atom is -0.598 e. The van der Waals surface area contributed by atoms with E-state index in [0.717, 1.165) is 6.07 Å². The molecule has 0 aromatic heterocycles. The molecule has 1 unspecified atom stereocenters. The lowest BCUT2D eigenvalue weighted by atomic mass is 10.1. The Morgan fingerprint density at radius 1 is 1.18 bits per heavy atom. The average molecular weight is 261 g/mol. The smallest absolute Gasteiger partial charge is 0.136 e. The molecule has 96 valence electrons. The maximum absolute atomic E-state index is 13.0. The highest BCUT2D eigenvalue weighted by Crippen LogP contribution is 2.20. The molecule has 0 saturated heterocycles. The summed E-state index contributed by atoms with van der Waals surface area (Å²) in [5.41, 5.74) is 0.445. The lowest BCUT2D eigenvalue weighted by Gasteiger charge is -2.26. The predicted octanol–water partition coefficient (Wildman–Crippen LogP) is 3.08. The first-order chi connectivity index (χ1) is 7.70. The second-order valence-corrected chi connectivity index (χ2v) is 6.92. The molecular weight excluding hydrogens is 244 g/mol. The largest absolute Gasteiger partial charge is 0.598 e. The molecule has 0 aliphatic rings. The molecule has 2 nitrogen and oxygen atoms in total. The highest BCUT2D eigenvalue weighted by Gasteiger charge is 2.28. The number of rotatable bonds is 3. The van der Waals surface area contributed by atoms with Gasteiger partial charge in [0.1, 0.15) is 16.4 Å². The summed E-state index contributed by atoms with van der Waals surface area (Å²) in [7, 11) is 0. The molecule has 0 bridgehead atoms. The van der Waals surface area contributed by atoms with E-state index in [4.69, 9.17) is 0 Å². The molecule has 5 heteroatoms. The Kier molecular flexibility index (Phi) is 4.52. The lowest BCUT2D eigenvalue weighted by Crippen LogP contribution is -2.40. The van der Waals surface area contributed by atoms with Gasteiger partial charge in [-0.1, -0.05) is 0 Å². The molecule has 1 rings (SSSR count). The molecule has 0 heterocycles. The van der Waals surface area contributed by atoms with Crippen LogP contribution in [-0.4, -0.2) is 9.30 Å². The molecule has 1 aromatic rings. The van der Waals surface area contributed by atoms with Gasteiger partial charge in [0.2, 0.25) is 0 Å². The fourth-order valence-corrected chi connectivity index (χ4v) is 2.04. The van der Waals surface area contributed by atoms with Crippen molar-refractivity contribution in [3.05, 3.63) is 35.4 Å². The molecule has 2 atom stereocenters. The van der Waals surface area contributed by atoms with Gasteiger partial charge in [-0.25, -0.2) is 8.78 Å². The first-order valence-corrected chi connectivity index (χ1v) is 6.49. The van der Waals surface area contributed by atoms with Crippen LogP contribution in [-0.2, 0) is 11.4 Å². The van der Waals surface area contributed by atoms with Crippen molar-refractivity contribution in [3.63, 3.8) is 0 Å². The van der Waals surface area contributed by atoms with Gasteiger partial charge in [-0.15, -0.1) is 4.72 Å². The minimum atomic E-state index is -1.28. The monoisotopic (exact) mass is 261 g/mol. The topological polar surface area (TPSA) is 35.1 Å². The first kappa shape index (κ1) is 14.4. The van der Waals surface area contributed by atoms with Gasteiger partial charge in [0.05, 0.1) is 6.04 Å². The molecule has 0 fully saturated rings. The van der Waals surface area contributed by atoms with E-state index < -0.39 is 27.7 Å². The Bertz CT molecular complexity index is 372. The van der Waals surface area contributed by atoms with E-state index in [1.54, 1.807) is 6.92 Å². The number of benzene rings is 1. The number of hydrogen-bond acceptors (Lipinski definition) is 2. The summed E-state index contributed by atoms with van der Waals surface area (Å²) in [6.45, 7) is 7.21. The van der Waals surface area contributed by atoms with Crippen LogP contribution in [0.3, 0.4) is 0 Å². The second-order valence-electron chi connectivity index (χ2n) is 4.92. The van der Waals surface area contributed by atoms with Crippen LogP contribution in [0.5, 0.6) is 0 Å². The maximum atomic E-state index is 13.0. The van der Waals surface area contributed by atoms with Crippen LogP contribution in [0.1, 0.15) is 39.3 Å². The third-order valence-corrected chi connectivity index (χ3v) is 3.90. The third kappa shape index (κ3) is 4.26. The summed E-state index contributed by atoms with van der Waals surface area (Å²) < 4.78 is 40.3. The van der Waals surface area contributed by atoms with Gasteiger partial charge in [-0.2, -0.15) is 0 Å². The van der Waals surface area contributed by atoms with E-state index in [-0.39, 0.29) is 6.04 Å². The van der Waals surface area contributed by atoms with Crippen LogP contribution in [0, 0.1) is 11.6 Å². The number of nitrogens with one attached hydrogen (secondary N) is 1. The zero-order chi connectivity index (χ0) is 13.2. The van der Waals surface area contributed by atoms with Crippen LogP contribution >= 0.6 is 0 Å². The van der Waals surface area contributed by atoms with Crippen molar-refractivity contribution in [2.45, 2.75) is 38.5 Å². The highest BCUT2D eigenvalue weighted by molar-refractivity contribution is 7.90. The molecule has 1 N–H and O–H groups in total. The maximum Gasteiger partial charge on any atom is 0.136 e. The van der Waals surface area contributed by atoms with Crippen molar-refractivity contribution >= 4 is 11.4 Å². The minimum absolute atomic E-state index is 0.375. The Balaban J connectivity index is 2.79. The normalized spacial score (nSPS) is 15.7. The Morgan fingerprint density at radius 3 is 2.06 bits per heavy atom. The quantitative estimate of drug-likeness (QED) is 0.849. The molecular formula is C12H17F2NOS. The van der Waals surface area contributed by atoms with E-state index in [9.17, 15) is 13.3 Å². The van der Waals surface area contributed by atoms with Gasteiger partial charge < -0.3 is 4.55 Å². The average Bonchev–Trinajstić information content (AvgIpc) is 2.14. The standard InChI is InChI=1S/C12H17F2NOS/c1-8(15-17(16)12(2,3)4)9-5-10(13)7-11(14)6-9/h5-8,15H,1-4H3/t8-,17?/m0/s1. The van der Waals surface area contributed by atoms with Crippen molar-refractivity contribution in [1.82, 2.24) is 4.72 Å². The van der Waals surface area contributed by atoms with E-state index in [1.807, 2.05) is 20.8 Å². The molecule has 1 aromatic carbocycles. The first-order valence-electron chi connectivity index (χ1n) is 5.34. The van der Waals surface area contributed by atoms with Crippen LogP contribution < -0.4 is 4.72 Å². The highest BCUT2D eigenvalue weighted by atomic mass is 32.2. The summed E-state index contributed by atoms with van der Waals surface area (Å²) in [6.07, 6.45) is 0. The van der Waals surface area contributed by atoms with Gasteiger partial charge in [-0.05, 0) is 45.4 Å². The van der Waals surface area contributed by atoms with Crippen molar-refractivity contribution in [2.24, 2.45) is 0 Å². The lowest BCUT2D eigenvalue weighted by molar-refractivity contribution is 0.527. The predicted molar refractivity (Wildman–Crippen MR) is 65.8 cm³/mol. The van der Waals surface area contributed by atoms with Gasteiger partial charge in [-0.3, -0.25) is 0 Å². The number of hydrogen-bond donors (Lipinski definition) is 1. The van der Waals surface area contributed by atoms with Crippen molar-refractivity contribution in [1.29, 1.82) is 0 Å². The molecule has 0 aliphatic heterocycles. The summed E-state index contributed by atoms with van der Waals surface area (Å²) in [5.74, 6) is -1.26. The van der Waals surface area contributed by atoms with Crippen LogP contribution in [0.15, 0.2) is 18.2 Å². The van der Waals surface area contributed by atoms with Gasteiger partial charge >= 0.3 is 0 Å². The summed E-state index contributed by atoms with van der Waals surface area (Å²) in [4.78, 5) is 0. The Labute approximate surface area is 104 Å². The van der Waals surface area contributed by atoms with Crippen molar-refractivity contribution in [3.8, 4) is 0 Å². The summed E-state index contributed by atoms with van der Waals surface area (Å²) in [5, 5.41) is 0.